The first kappa shape index (κ1) is 15.5. The third-order valence-electron chi connectivity index (χ3n) is 4.08. The molecular weight excluding hydrogens is 294 g/mol. The van der Waals surface area contributed by atoms with Crippen molar-refractivity contribution in [2.24, 2.45) is 0 Å². The monoisotopic (exact) mass is 317 g/mol. The fourth-order valence-corrected chi connectivity index (χ4v) is 3.73. The number of piperidine rings is 1. The molecule has 0 amide bonds. The van der Waals surface area contributed by atoms with Crippen molar-refractivity contribution in [3.8, 4) is 0 Å². The van der Waals surface area contributed by atoms with Gasteiger partial charge >= 0.3 is 0 Å². The standard InChI is InChI=1S/C16H23N5S/c1-11(2)16-19-15(22-20-16)10-21-8-4-5-13(9-21)14-6-7-17-12(3)18-14/h6-7,11,13H,4-5,8-10H2,1-3H3. The molecule has 2 aromatic heterocycles. The van der Waals surface area contributed by atoms with Crippen LogP contribution in [0.3, 0.4) is 0 Å². The maximum Gasteiger partial charge on any atom is 0.145 e. The van der Waals surface area contributed by atoms with Gasteiger partial charge in [0.1, 0.15) is 16.7 Å². The third kappa shape index (κ3) is 3.67. The van der Waals surface area contributed by atoms with Gasteiger partial charge in [0.2, 0.25) is 0 Å². The Kier molecular flexibility index (Phi) is 4.78. The smallest absolute Gasteiger partial charge is 0.145 e. The van der Waals surface area contributed by atoms with Gasteiger partial charge < -0.3 is 0 Å². The van der Waals surface area contributed by atoms with Crippen molar-refractivity contribution in [3.63, 3.8) is 0 Å². The van der Waals surface area contributed by atoms with E-state index in [0.29, 0.717) is 11.8 Å². The summed E-state index contributed by atoms with van der Waals surface area (Å²) in [5.41, 5.74) is 1.18. The molecule has 6 heteroatoms. The van der Waals surface area contributed by atoms with Crippen LogP contribution in [0.25, 0.3) is 0 Å². The Labute approximate surface area is 136 Å². The highest BCUT2D eigenvalue weighted by molar-refractivity contribution is 7.05. The summed E-state index contributed by atoms with van der Waals surface area (Å²) in [6, 6.07) is 2.06. The fraction of sp³-hybridized carbons (Fsp3) is 0.625. The first-order chi connectivity index (χ1) is 10.6. The highest BCUT2D eigenvalue weighted by atomic mass is 32.1. The van der Waals surface area contributed by atoms with Crippen molar-refractivity contribution in [2.45, 2.75) is 52.0 Å². The predicted molar refractivity (Wildman–Crippen MR) is 88.0 cm³/mol. The highest BCUT2D eigenvalue weighted by Gasteiger charge is 2.23. The lowest BCUT2D eigenvalue weighted by molar-refractivity contribution is 0.198. The Morgan fingerprint density at radius 1 is 1.36 bits per heavy atom. The average molecular weight is 317 g/mol. The molecule has 0 N–H and O–H groups in total. The van der Waals surface area contributed by atoms with E-state index < -0.39 is 0 Å². The number of hydrogen-bond donors (Lipinski definition) is 0. The van der Waals surface area contributed by atoms with Crippen LogP contribution in [-0.4, -0.2) is 37.3 Å². The lowest BCUT2D eigenvalue weighted by Crippen LogP contribution is -2.34. The van der Waals surface area contributed by atoms with E-state index >= 15 is 0 Å². The molecule has 1 aliphatic rings. The molecule has 1 fully saturated rings. The third-order valence-corrected chi connectivity index (χ3v) is 4.79. The maximum absolute atomic E-state index is 4.66. The minimum atomic E-state index is 0.406. The van der Waals surface area contributed by atoms with Crippen molar-refractivity contribution in [3.05, 3.63) is 34.6 Å². The van der Waals surface area contributed by atoms with E-state index in [-0.39, 0.29) is 0 Å². The minimum absolute atomic E-state index is 0.406. The Hall–Kier alpha value is -1.40. The van der Waals surface area contributed by atoms with Gasteiger partial charge in [-0.25, -0.2) is 15.0 Å². The quantitative estimate of drug-likeness (QED) is 0.867. The number of likely N-dealkylation sites (tertiary alicyclic amines) is 1. The number of nitrogens with zero attached hydrogens (tertiary/aromatic N) is 5. The zero-order valence-corrected chi connectivity index (χ0v) is 14.3. The van der Waals surface area contributed by atoms with Crippen LogP contribution in [0.2, 0.25) is 0 Å². The molecule has 3 heterocycles. The summed E-state index contributed by atoms with van der Waals surface area (Å²) in [7, 11) is 0. The Morgan fingerprint density at radius 2 is 2.23 bits per heavy atom. The van der Waals surface area contributed by atoms with E-state index in [1.54, 1.807) is 11.5 Å². The second-order valence-corrected chi connectivity index (χ2v) is 7.14. The van der Waals surface area contributed by atoms with Gasteiger partial charge in [-0.15, -0.1) is 0 Å². The normalized spacial score (nSPS) is 19.7. The SMILES string of the molecule is Cc1nccc(C2CCCN(Cc3nc(C(C)C)ns3)C2)n1. The summed E-state index contributed by atoms with van der Waals surface area (Å²) >= 11 is 1.54. The summed E-state index contributed by atoms with van der Waals surface area (Å²) in [4.78, 5) is 15.9. The zero-order chi connectivity index (χ0) is 15.5. The maximum atomic E-state index is 4.66. The average Bonchev–Trinajstić information content (AvgIpc) is 2.96. The van der Waals surface area contributed by atoms with E-state index in [1.165, 1.54) is 18.5 Å². The van der Waals surface area contributed by atoms with Crippen LogP contribution in [0.15, 0.2) is 12.3 Å². The summed E-state index contributed by atoms with van der Waals surface area (Å²) in [5.74, 6) is 2.75. The van der Waals surface area contributed by atoms with Gasteiger partial charge in [0.05, 0.1) is 6.54 Å². The molecule has 0 saturated carbocycles. The summed E-state index contributed by atoms with van der Waals surface area (Å²) in [5, 5.41) is 1.13. The Morgan fingerprint density at radius 3 is 2.95 bits per heavy atom. The van der Waals surface area contributed by atoms with Gasteiger partial charge in [0.25, 0.3) is 0 Å². The molecule has 0 aromatic carbocycles. The molecule has 0 spiro atoms. The van der Waals surface area contributed by atoms with E-state index in [2.05, 4.69) is 44.1 Å². The summed E-state index contributed by atoms with van der Waals surface area (Å²) < 4.78 is 4.45. The van der Waals surface area contributed by atoms with Crippen LogP contribution >= 0.6 is 11.5 Å². The lowest BCUT2D eigenvalue weighted by atomic mass is 9.94. The number of aromatic nitrogens is 4. The summed E-state index contributed by atoms with van der Waals surface area (Å²) in [6.07, 6.45) is 4.29. The van der Waals surface area contributed by atoms with Gasteiger partial charge in [0, 0.05) is 30.3 Å². The van der Waals surface area contributed by atoms with E-state index in [9.17, 15) is 0 Å². The molecule has 22 heavy (non-hydrogen) atoms. The molecular formula is C16H23N5S. The predicted octanol–water partition coefficient (Wildman–Crippen LogP) is 3.14. The fourth-order valence-electron chi connectivity index (χ4n) is 2.90. The molecule has 1 atom stereocenters. The second-order valence-electron chi connectivity index (χ2n) is 6.30. The molecule has 1 unspecified atom stereocenters. The van der Waals surface area contributed by atoms with Crippen molar-refractivity contribution >= 4 is 11.5 Å². The van der Waals surface area contributed by atoms with Crippen molar-refractivity contribution in [1.29, 1.82) is 0 Å². The van der Waals surface area contributed by atoms with E-state index in [1.807, 2.05) is 13.1 Å². The Bertz CT molecular complexity index is 625. The summed E-state index contributed by atoms with van der Waals surface area (Å²) in [6.45, 7) is 9.33. The minimum Gasteiger partial charge on any atom is -0.296 e. The molecule has 1 aliphatic heterocycles. The van der Waals surface area contributed by atoms with Crippen LogP contribution < -0.4 is 0 Å². The largest absolute Gasteiger partial charge is 0.296 e. The van der Waals surface area contributed by atoms with Crippen molar-refractivity contribution < 1.29 is 0 Å². The van der Waals surface area contributed by atoms with Gasteiger partial charge in [0.15, 0.2) is 0 Å². The van der Waals surface area contributed by atoms with Gasteiger partial charge in [-0.1, -0.05) is 13.8 Å². The van der Waals surface area contributed by atoms with E-state index in [0.717, 1.165) is 36.3 Å². The Balaban J connectivity index is 1.65. The number of rotatable bonds is 4. The zero-order valence-electron chi connectivity index (χ0n) is 13.5. The highest BCUT2D eigenvalue weighted by Crippen LogP contribution is 2.27. The van der Waals surface area contributed by atoms with Crippen LogP contribution in [-0.2, 0) is 6.54 Å². The number of hydrogen-bond acceptors (Lipinski definition) is 6. The molecule has 0 aliphatic carbocycles. The van der Waals surface area contributed by atoms with Crippen molar-refractivity contribution in [1.82, 2.24) is 24.2 Å². The molecule has 3 rings (SSSR count). The van der Waals surface area contributed by atoms with Crippen LogP contribution in [0.5, 0.6) is 0 Å². The van der Waals surface area contributed by atoms with Crippen molar-refractivity contribution in [2.75, 3.05) is 13.1 Å². The first-order valence-corrected chi connectivity index (χ1v) is 8.73. The number of aryl methyl sites for hydroxylation is 1. The topological polar surface area (TPSA) is 54.8 Å². The van der Waals surface area contributed by atoms with Gasteiger partial charge in [-0.05, 0) is 43.9 Å². The van der Waals surface area contributed by atoms with Crippen LogP contribution in [0, 0.1) is 6.92 Å². The molecule has 5 nitrogen and oxygen atoms in total. The second kappa shape index (κ2) is 6.79. The van der Waals surface area contributed by atoms with Crippen LogP contribution in [0.1, 0.15) is 60.9 Å². The molecule has 118 valence electrons. The van der Waals surface area contributed by atoms with E-state index in [4.69, 9.17) is 0 Å². The molecule has 1 saturated heterocycles. The molecule has 2 aromatic rings. The lowest BCUT2D eigenvalue weighted by Gasteiger charge is -2.31. The molecule has 0 bridgehead atoms. The van der Waals surface area contributed by atoms with Gasteiger partial charge in [-0.3, -0.25) is 4.90 Å². The van der Waals surface area contributed by atoms with Gasteiger partial charge in [-0.2, -0.15) is 4.37 Å². The first-order valence-electron chi connectivity index (χ1n) is 7.96. The van der Waals surface area contributed by atoms with Crippen LogP contribution in [0.4, 0.5) is 0 Å². The molecule has 0 radical (unpaired) electrons.